The molecule has 3 rings (SSSR count). The summed E-state index contributed by atoms with van der Waals surface area (Å²) in [4.78, 5) is 5.41. The molecule has 0 saturated carbocycles. The zero-order valence-electron chi connectivity index (χ0n) is 15.8. The van der Waals surface area contributed by atoms with Crippen molar-refractivity contribution in [1.82, 2.24) is 4.72 Å². The molecule has 1 aliphatic rings. The number of nitrogens with zero attached hydrogens (tertiary/aromatic N) is 1. The van der Waals surface area contributed by atoms with Crippen molar-refractivity contribution in [3.05, 3.63) is 48.5 Å². The van der Waals surface area contributed by atoms with E-state index in [-0.39, 0.29) is 16.9 Å². The van der Waals surface area contributed by atoms with Crippen LogP contribution in [0.2, 0.25) is 0 Å². The molecule has 0 radical (unpaired) electrons. The van der Waals surface area contributed by atoms with Crippen molar-refractivity contribution in [3.63, 3.8) is 0 Å². The summed E-state index contributed by atoms with van der Waals surface area (Å²) in [6, 6.07) is 14.3. The van der Waals surface area contributed by atoms with E-state index in [1.54, 1.807) is 18.2 Å². The van der Waals surface area contributed by atoms with Crippen molar-refractivity contribution in [2.45, 2.75) is 44.9 Å². The Hall–Kier alpha value is -2.38. The number of nitrogens with one attached hydrogen (secondary N) is 1. The standard InChI is InChI=1S/C20H24N2O4S/c1-13(2)25-17-11-9-16(10-12-17)18-7-5-6-8-19(18)27(23,24)22-20-14(3)15(4)21-26-20/h5-14,20,22H,1-4H3. The van der Waals surface area contributed by atoms with Gasteiger partial charge in [0.05, 0.1) is 22.6 Å². The Balaban J connectivity index is 1.89. The predicted octanol–water partition coefficient (Wildman–Crippen LogP) is 3.79. The van der Waals surface area contributed by atoms with Crippen molar-refractivity contribution in [2.75, 3.05) is 0 Å². The fraction of sp³-hybridized carbons (Fsp3) is 0.350. The average molecular weight is 388 g/mol. The maximum atomic E-state index is 13.0. The zero-order valence-corrected chi connectivity index (χ0v) is 16.7. The molecule has 7 heteroatoms. The molecular formula is C20H24N2O4S. The van der Waals surface area contributed by atoms with E-state index in [9.17, 15) is 8.42 Å². The van der Waals surface area contributed by atoms with E-state index in [2.05, 4.69) is 9.88 Å². The largest absolute Gasteiger partial charge is 0.491 e. The number of hydrogen-bond donors (Lipinski definition) is 1. The van der Waals surface area contributed by atoms with Gasteiger partial charge in [-0.2, -0.15) is 4.72 Å². The van der Waals surface area contributed by atoms with Crippen molar-refractivity contribution < 1.29 is 18.0 Å². The number of ether oxygens (including phenoxy) is 1. The van der Waals surface area contributed by atoms with Gasteiger partial charge in [-0.05, 0) is 44.5 Å². The maximum absolute atomic E-state index is 13.0. The molecule has 0 fully saturated rings. The molecular weight excluding hydrogens is 364 g/mol. The summed E-state index contributed by atoms with van der Waals surface area (Å²) in [6.45, 7) is 7.60. The monoisotopic (exact) mass is 388 g/mol. The van der Waals surface area contributed by atoms with Gasteiger partial charge in [0.25, 0.3) is 0 Å². The van der Waals surface area contributed by atoms with E-state index in [0.717, 1.165) is 17.0 Å². The van der Waals surface area contributed by atoms with Crippen LogP contribution in [0.25, 0.3) is 11.1 Å². The van der Waals surface area contributed by atoms with Crippen molar-refractivity contribution >= 4 is 15.7 Å². The number of hydrogen-bond acceptors (Lipinski definition) is 5. The van der Waals surface area contributed by atoms with E-state index in [0.29, 0.717) is 5.56 Å². The number of oxime groups is 1. The summed E-state index contributed by atoms with van der Waals surface area (Å²) in [5.41, 5.74) is 2.17. The normalized spacial score (nSPS) is 19.7. The second kappa shape index (κ2) is 7.70. The quantitative estimate of drug-likeness (QED) is 0.817. The van der Waals surface area contributed by atoms with Crippen molar-refractivity contribution in [1.29, 1.82) is 0 Å². The Morgan fingerprint density at radius 2 is 1.78 bits per heavy atom. The van der Waals surface area contributed by atoms with Crippen molar-refractivity contribution in [3.8, 4) is 16.9 Å². The molecule has 27 heavy (non-hydrogen) atoms. The summed E-state index contributed by atoms with van der Waals surface area (Å²) >= 11 is 0. The first-order valence-corrected chi connectivity index (χ1v) is 10.3. The minimum atomic E-state index is -3.79. The van der Waals surface area contributed by atoms with Crippen LogP contribution in [-0.2, 0) is 14.9 Å². The minimum Gasteiger partial charge on any atom is -0.491 e. The Morgan fingerprint density at radius 3 is 2.37 bits per heavy atom. The van der Waals surface area contributed by atoms with Crippen LogP contribution in [0.4, 0.5) is 0 Å². The summed E-state index contributed by atoms with van der Waals surface area (Å²) in [5.74, 6) is 0.618. The maximum Gasteiger partial charge on any atom is 0.244 e. The molecule has 0 aliphatic carbocycles. The third-order valence-electron chi connectivity index (χ3n) is 4.41. The molecule has 144 valence electrons. The Bertz CT molecular complexity index is 937. The highest BCUT2D eigenvalue weighted by Gasteiger charge is 2.33. The van der Waals surface area contributed by atoms with Gasteiger partial charge in [-0.15, -0.1) is 0 Å². The van der Waals surface area contributed by atoms with E-state index in [1.165, 1.54) is 0 Å². The molecule has 2 atom stereocenters. The number of benzene rings is 2. The van der Waals surface area contributed by atoms with Crippen LogP contribution in [0.1, 0.15) is 27.7 Å². The highest BCUT2D eigenvalue weighted by atomic mass is 32.2. The topological polar surface area (TPSA) is 77.0 Å². The van der Waals surface area contributed by atoms with Gasteiger partial charge in [0.15, 0.2) is 6.23 Å². The fourth-order valence-electron chi connectivity index (χ4n) is 2.80. The van der Waals surface area contributed by atoms with Crippen LogP contribution in [0.15, 0.2) is 58.6 Å². The summed E-state index contributed by atoms with van der Waals surface area (Å²) in [7, 11) is -3.79. The van der Waals surface area contributed by atoms with Crippen LogP contribution in [-0.4, -0.2) is 26.5 Å². The van der Waals surface area contributed by atoms with Gasteiger partial charge >= 0.3 is 0 Å². The lowest BCUT2D eigenvalue weighted by Crippen LogP contribution is -2.39. The van der Waals surface area contributed by atoms with Gasteiger partial charge in [-0.25, -0.2) is 8.42 Å². The Labute approximate surface area is 160 Å². The minimum absolute atomic E-state index is 0.0757. The third kappa shape index (κ3) is 4.31. The number of sulfonamides is 1. The summed E-state index contributed by atoms with van der Waals surface area (Å²) in [5, 5.41) is 3.87. The van der Waals surface area contributed by atoms with Gasteiger partial charge in [0.1, 0.15) is 5.75 Å². The van der Waals surface area contributed by atoms with Crippen LogP contribution >= 0.6 is 0 Å². The SMILES string of the molecule is CC1=NOC(NS(=O)(=O)c2ccccc2-c2ccc(OC(C)C)cc2)C1C. The molecule has 1 aliphatic heterocycles. The van der Waals surface area contributed by atoms with Gasteiger partial charge in [0, 0.05) is 5.56 Å². The first kappa shape index (κ1) is 19.4. The highest BCUT2D eigenvalue weighted by molar-refractivity contribution is 7.89. The molecule has 0 saturated heterocycles. The molecule has 0 bridgehead atoms. The summed E-state index contributed by atoms with van der Waals surface area (Å²) < 4.78 is 34.2. The lowest BCUT2D eigenvalue weighted by Gasteiger charge is -2.18. The van der Waals surface area contributed by atoms with Crippen LogP contribution < -0.4 is 9.46 Å². The summed E-state index contributed by atoms with van der Waals surface area (Å²) in [6.07, 6.45) is -0.628. The molecule has 1 heterocycles. The van der Waals surface area contributed by atoms with Gasteiger partial charge in [-0.1, -0.05) is 42.4 Å². The lowest BCUT2D eigenvalue weighted by molar-refractivity contribution is 0.0576. The fourth-order valence-corrected chi connectivity index (χ4v) is 4.21. The predicted molar refractivity (Wildman–Crippen MR) is 105 cm³/mol. The van der Waals surface area contributed by atoms with Crippen LogP contribution in [0.3, 0.4) is 0 Å². The smallest absolute Gasteiger partial charge is 0.244 e. The van der Waals surface area contributed by atoms with E-state index in [4.69, 9.17) is 9.57 Å². The Kier molecular flexibility index (Phi) is 5.53. The molecule has 2 aromatic carbocycles. The second-order valence-electron chi connectivity index (χ2n) is 6.86. The number of rotatable bonds is 6. The third-order valence-corrected chi connectivity index (χ3v) is 5.89. The first-order chi connectivity index (χ1) is 12.8. The zero-order chi connectivity index (χ0) is 19.6. The van der Waals surface area contributed by atoms with Crippen molar-refractivity contribution in [2.24, 2.45) is 11.1 Å². The van der Waals surface area contributed by atoms with E-state index >= 15 is 0 Å². The molecule has 0 aromatic heterocycles. The average Bonchev–Trinajstić information content (AvgIpc) is 2.93. The molecule has 2 unspecified atom stereocenters. The van der Waals surface area contributed by atoms with Gasteiger partial charge in [0.2, 0.25) is 10.0 Å². The molecule has 6 nitrogen and oxygen atoms in total. The van der Waals surface area contributed by atoms with E-state index in [1.807, 2.05) is 58.0 Å². The molecule has 1 N–H and O–H groups in total. The van der Waals surface area contributed by atoms with Crippen LogP contribution in [0, 0.1) is 5.92 Å². The molecule has 0 spiro atoms. The Morgan fingerprint density at radius 1 is 1.11 bits per heavy atom. The molecule has 0 amide bonds. The van der Waals surface area contributed by atoms with Gasteiger partial charge in [-0.3, -0.25) is 0 Å². The first-order valence-electron chi connectivity index (χ1n) is 8.86. The molecule has 2 aromatic rings. The highest BCUT2D eigenvalue weighted by Crippen LogP contribution is 2.30. The van der Waals surface area contributed by atoms with E-state index < -0.39 is 16.3 Å². The van der Waals surface area contributed by atoms with Crippen LogP contribution in [0.5, 0.6) is 5.75 Å². The lowest BCUT2D eigenvalue weighted by atomic mass is 10.1. The van der Waals surface area contributed by atoms with Gasteiger partial charge < -0.3 is 9.57 Å². The second-order valence-corrected chi connectivity index (χ2v) is 8.54.